The number of benzene rings is 2. The smallest absolute Gasteiger partial charge is 0.221 e. The molecule has 0 spiro atoms. The summed E-state index contributed by atoms with van der Waals surface area (Å²) in [4.78, 5) is 12.4. The van der Waals surface area contributed by atoms with Crippen molar-refractivity contribution >= 4 is 15.7 Å². The summed E-state index contributed by atoms with van der Waals surface area (Å²) in [5, 5.41) is 2.84. The summed E-state index contributed by atoms with van der Waals surface area (Å²) in [5.41, 5.74) is 0.914. The Morgan fingerprint density at radius 2 is 1.80 bits per heavy atom. The molecule has 1 heterocycles. The minimum atomic E-state index is -3.63. The Morgan fingerprint density at radius 3 is 2.50 bits per heavy atom. The van der Waals surface area contributed by atoms with E-state index in [1.807, 2.05) is 38.1 Å². The fourth-order valence-corrected chi connectivity index (χ4v) is 4.35. The fourth-order valence-electron chi connectivity index (χ4n) is 3.10. The number of rotatable bonds is 8. The standard InChI is InChI=1S/C22H27NO6S/c1-3-27-18-7-5-17(6-8-18)16(2)23-22(24)11-14-30(25,26)19-9-10-20-21(15-19)29-13-4-12-28-20/h5-10,15-16H,3-4,11-14H2,1-2H3,(H,23,24)/t16-/m0/s1. The molecule has 3 rings (SSSR count). The molecule has 0 saturated carbocycles. The van der Waals surface area contributed by atoms with Crippen LogP contribution >= 0.6 is 0 Å². The second kappa shape index (κ2) is 9.84. The monoisotopic (exact) mass is 433 g/mol. The van der Waals surface area contributed by atoms with Crippen LogP contribution < -0.4 is 19.5 Å². The summed E-state index contributed by atoms with van der Waals surface area (Å²) in [6, 6.07) is 11.8. The molecule has 1 amide bonds. The lowest BCUT2D eigenvalue weighted by atomic mass is 10.1. The maximum absolute atomic E-state index is 12.7. The Hall–Kier alpha value is -2.74. The van der Waals surface area contributed by atoms with Gasteiger partial charge in [0, 0.05) is 18.9 Å². The average molecular weight is 434 g/mol. The summed E-state index contributed by atoms with van der Waals surface area (Å²) < 4.78 is 41.8. The maximum Gasteiger partial charge on any atom is 0.221 e. The molecule has 0 saturated heterocycles. The van der Waals surface area contributed by atoms with Gasteiger partial charge in [0.2, 0.25) is 5.91 Å². The van der Waals surface area contributed by atoms with Gasteiger partial charge >= 0.3 is 0 Å². The van der Waals surface area contributed by atoms with Crippen LogP contribution in [0.3, 0.4) is 0 Å². The molecule has 1 aliphatic rings. The second-order valence-corrected chi connectivity index (χ2v) is 9.13. The lowest BCUT2D eigenvalue weighted by molar-refractivity contribution is -0.121. The van der Waals surface area contributed by atoms with Gasteiger partial charge < -0.3 is 19.5 Å². The maximum atomic E-state index is 12.7. The van der Waals surface area contributed by atoms with Crippen LogP contribution in [0.1, 0.15) is 38.3 Å². The summed E-state index contributed by atoms with van der Waals surface area (Å²) in [5.74, 6) is 1.11. The van der Waals surface area contributed by atoms with Gasteiger partial charge in [-0.15, -0.1) is 0 Å². The molecular weight excluding hydrogens is 406 g/mol. The van der Waals surface area contributed by atoms with Crippen LogP contribution in [-0.4, -0.2) is 39.9 Å². The number of hydrogen-bond acceptors (Lipinski definition) is 6. The third kappa shape index (κ3) is 5.66. The lowest BCUT2D eigenvalue weighted by Gasteiger charge is -2.15. The van der Waals surface area contributed by atoms with Crippen molar-refractivity contribution in [1.82, 2.24) is 5.32 Å². The van der Waals surface area contributed by atoms with Crippen molar-refractivity contribution in [1.29, 1.82) is 0 Å². The first-order valence-corrected chi connectivity index (χ1v) is 11.7. The molecule has 0 unspecified atom stereocenters. The van der Waals surface area contributed by atoms with Crippen LogP contribution in [0.25, 0.3) is 0 Å². The number of nitrogens with one attached hydrogen (secondary N) is 1. The molecule has 2 aromatic carbocycles. The van der Waals surface area contributed by atoms with E-state index in [4.69, 9.17) is 14.2 Å². The Labute approximate surface area is 177 Å². The van der Waals surface area contributed by atoms with Crippen molar-refractivity contribution in [3.05, 3.63) is 48.0 Å². The first-order valence-electron chi connectivity index (χ1n) is 10.0. The first-order chi connectivity index (χ1) is 14.4. The van der Waals surface area contributed by atoms with E-state index in [9.17, 15) is 13.2 Å². The van der Waals surface area contributed by atoms with E-state index in [1.165, 1.54) is 12.1 Å². The molecule has 8 heteroatoms. The van der Waals surface area contributed by atoms with E-state index < -0.39 is 9.84 Å². The van der Waals surface area contributed by atoms with Crippen molar-refractivity contribution in [3.63, 3.8) is 0 Å². The summed E-state index contributed by atoms with van der Waals surface area (Å²) >= 11 is 0. The molecule has 30 heavy (non-hydrogen) atoms. The summed E-state index contributed by atoms with van der Waals surface area (Å²) in [7, 11) is -3.63. The Balaban J connectivity index is 1.57. The van der Waals surface area contributed by atoms with Gasteiger partial charge in [0.25, 0.3) is 0 Å². The predicted molar refractivity (Wildman–Crippen MR) is 113 cm³/mol. The van der Waals surface area contributed by atoms with Crippen molar-refractivity contribution in [2.45, 2.75) is 37.6 Å². The lowest BCUT2D eigenvalue weighted by Crippen LogP contribution is -2.28. The molecule has 0 aliphatic carbocycles. The minimum absolute atomic E-state index is 0.124. The highest BCUT2D eigenvalue weighted by Gasteiger charge is 2.21. The largest absolute Gasteiger partial charge is 0.494 e. The highest BCUT2D eigenvalue weighted by Crippen LogP contribution is 2.32. The van der Waals surface area contributed by atoms with Crippen molar-refractivity contribution < 1.29 is 27.4 Å². The third-order valence-corrected chi connectivity index (χ3v) is 6.46. The molecule has 0 bridgehead atoms. The van der Waals surface area contributed by atoms with Crippen LogP contribution in [0, 0.1) is 0 Å². The molecule has 1 N–H and O–H groups in total. The highest BCUT2D eigenvalue weighted by molar-refractivity contribution is 7.91. The number of amides is 1. The number of sulfone groups is 1. The molecule has 2 aromatic rings. The highest BCUT2D eigenvalue weighted by atomic mass is 32.2. The van der Waals surface area contributed by atoms with E-state index in [0.29, 0.717) is 31.3 Å². The average Bonchev–Trinajstić information content (AvgIpc) is 2.98. The number of carbonyl (C=O) groups is 1. The van der Waals surface area contributed by atoms with Gasteiger partial charge in [-0.2, -0.15) is 0 Å². The minimum Gasteiger partial charge on any atom is -0.494 e. The van der Waals surface area contributed by atoms with E-state index >= 15 is 0 Å². The number of fused-ring (bicyclic) bond motifs is 1. The van der Waals surface area contributed by atoms with Crippen LogP contribution in [0.5, 0.6) is 17.2 Å². The van der Waals surface area contributed by atoms with Crippen LogP contribution in [0.4, 0.5) is 0 Å². The van der Waals surface area contributed by atoms with Crippen molar-refractivity contribution in [2.75, 3.05) is 25.6 Å². The number of carbonyl (C=O) groups excluding carboxylic acids is 1. The van der Waals surface area contributed by atoms with Crippen molar-refractivity contribution in [3.8, 4) is 17.2 Å². The van der Waals surface area contributed by atoms with E-state index in [-0.39, 0.29) is 29.0 Å². The second-order valence-electron chi connectivity index (χ2n) is 7.02. The Kier molecular flexibility index (Phi) is 7.20. The zero-order valence-electron chi connectivity index (χ0n) is 17.2. The molecule has 0 radical (unpaired) electrons. The van der Waals surface area contributed by atoms with Gasteiger partial charge in [0.15, 0.2) is 21.3 Å². The predicted octanol–water partition coefficient (Wildman–Crippen LogP) is 3.29. The van der Waals surface area contributed by atoms with Gasteiger partial charge in [0.05, 0.1) is 36.5 Å². The summed E-state index contributed by atoms with van der Waals surface area (Å²) in [6.07, 6.45) is 0.613. The van der Waals surface area contributed by atoms with E-state index in [1.54, 1.807) is 6.07 Å². The Bertz CT molecular complexity index is 972. The molecular formula is C22H27NO6S. The molecule has 7 nitrogen and oxygen atoms in total. The molecule has 0 aromatic heterocycles. The van der Waals surface area contributed by atoms with Gasteiger partial charge in [-0.3, -0.25) is 4.79 Å². The van der Waals surface area contributed by atoms with E-state index in [2.05, 4.69) is 5.32 Å². The molecule has 1 aliphatic heterocycles. The van der Waals surface area contributed by atoms with Crippen LogP contribution in [0.15, 0.2) is 47.4 Å². The van der Waals surface area contributed by atoms with Gasteiger partial charge in [-0.05, 0) is 43.7 Å². The molecule has 162 valence electrons. The third-order valence-electron chi connectivity index (χ3n) is 4.74. The topological polar surface area (TPSA) is 90.9 Å². The Morgan fingerprint density at radius 1 is 1.10 bits per heavy atom. The zero-order chi connectivity index (χ0) is 21.6. The van der Waals surface area contributed by atoms with Crippen molar-refractivity contribution in [2.24, 2.45) is 0 Å². The zero-order valence-corrected chi connectivity index (χ0v) is 18.0. The van der Waals surface area contributed by atoms with Crippen LogP contribution in [0.2, 0.25) is 0 Å². The van der Waals surface area contributed by atoms with E-state index in [0.717, 1.165) is 17.7 Å². The molecule has 1 atom stereocenters. The summed E-state index contributed by atoms with van der Waals surface area (Å²) in [6.45, 7) is 5.36. The molecule has 0 fully saturated rings. The van der Waals surface area contributed by atoms with Gasteiger partial charge in [-0.1, -0.05) is 12.1 Å². The normalized spacial score (nSPS) is 14.5. The van der Waals surface area contributed by atoms with Gasteiger partial charge in [0.1, 0.15) is 5.75 Å². The van der Waals surface area contributed by atoms with Crippen LogP contribution in [-0.2, 0) is 14.6 Å². The number of hydrogen-bond donors (Lipinski definition) is 1. The fraction of sp³-hybridized carbons (Fsp3) is 0.409. The number of ether oxygens (including phenoxy) is 3. The SMILES string of the molecule is CCOc1ccc([C@H](C)NC(=O)CCS(=O)(=O)c2ccc3c(c2)OCCCO3)cc1. The quantitative estimate of drug-likeness (QED) is 0.687. The first kappa shape index (κ1) is 22.0. The van der Waals surface area contributed by atoms with Gasteiger partial charge in [-0.25, -0.2) is 8.42 Å².